The number of nitrogen functional groups attached to an aromatic ring is 1. The molecule has 0 unspecified atom stereocenters. The molecule has 20 heavy (non-hydrogen) atoms. The van der Waals surface area contributed by atoms with Crippen molar-refractivity contribution in [2.75, 3.05) is 17.3 Å². The van der Waals surface area contributed by atoms with E-state index < -0.39 is 9.84 Å². The number of aromatic nitrogens is 4. The zero-order chi connectivity index (χ0) is 14.9. The summed E-state index contributed by atoms with van der Waals surface area (Å²) in [6.45, 7) is 3.76. The summed E-state index contributed by atoms with van der Waals surface area (Å²) in [4.78, 5) is -0.0307. The molecule has 0 aromatic carbocycles. The summed E-state index contributed by atoms with van der Waals surface area (Å²) in [5.41, 5.74) is 5.91. The molecule has 2 heterocycles. The van der Waals surface area contributed by atoms with E-state index in [-0.39, 0.29) is 22.6 Å². The lowest BCUT2D eigenvalue weighted by Gasteiger charge is -2.07. The van der Waals surface area contributed by atoms with Gasteiger partial charge in [-0.1, -0.05) is 0 Å². The van der Waals surface area contributed by atoms with Crippen LogP contribution in [0.2, 0.25) is 0 Å². The third-order valence-electron chi connectivity index (χ3n) is 2.45. The summed E-state index contributed by atoms with van der Waals surface area (Å²) >= 11 is 0. The highest BCUT2D eigenvalue weighted by atomic mass is 32.2. The quantitative estimate of drug-likeness (QED) is 0.842. The summed E-state index contributed by atoms with van der Waals surface area (Å²) in [5, 5.41) is 14.8. The molecule has 108 valence electrons. The fourth-order valence-corrected chi connectivity index (χ4v) is 2.65. The van der Waals surface area contributed by atoms with Crippen LogP contribution in [0.4, 0.5) is 11.6 Å². The second-order valence-electron chi connectivity index (χ2n) is 4.63. The van der Waals surface area contributed by atoms with Gasteiger partial charge < -0.3 is 11.1 Å². The Morgan fingerprint density at radius 3 is 2.60 bits per heavy atom. The third kappa shape index (κ3) is 2.72. The number of hydrogen-bond donors (Lipinski definition) is 2. The lowest BCUT2D eigenvalue weighted by Crippen LogP contribution is -2.13. The first-order valence-corrected chi connectivity index (χ1v) is 7.83. The highest BCUT2D eigenvalue weighted by Crippen LogP contribution is 2.29. The molecule has 0 aliphatic rings. The van der Waals surface area contributed by atoms with Crippen molar-refractivity contribution in [1.29, 1.82) is 0 Å². The Bertz CT molecular complexity index is 708. The molecule has 0 atom stereocenters. The van der Waals surface area contributed by atoms with Crippen molar-refractivity contribution >= 4 is 21.5 Å². The van der Waals surface area contributed by atoms with E-state index >= 15 is 0 Å². The molecule has 0 amide bonds. The van der Waals surface area contributed by atoms with Crippen LogP contribution in [0.15, 0.2) is 23.2 Å². The maximum atomic E-state index is 11.9. The van der Waals surface area contributed by atoms with Gasteiger partial charge in [-0.15, -0.1) is 10.2 Å². The fourth-order valence-electron chi connectivity index (χ4n) is 1.73. The van der Waals surface area contributed by atoms with Crippen LogP contribution in [-0.2, 0) is 9.84 Å². The second kappa shape index (κ2) is 5.08. The van der Waals surface area contributed by atoms with E-state index in [2.05, 4.69) is 20.6 Å². The van der Waals surface area contributed by atoms with Crippen LogP contribution in [0.1, 0.15) is 13.8 Å². The molecule has 2 rings (SSSR count). The number of anilines is 2. The minimum absolute atomic E-state index is 0.0103. The molecule has 0 aliphatic carbocycles. The molecule has 9 heteroatoms. The normalized spacial score (nSPS) is 11.8. The number of rotatable bonds is 4. The lowest BCUT2D eigenvalue weighted by atomic mass is 10.4. The first-order valence-electron chi connectivity index (χ1n) is 5.94. The summed E-state index contributed by atoms with van der Waals surface area (Å²) in [6, 6.07) is 3.32. The topological polar surface area (TPSA) is 116 Å². The van der Waals surface area contributed by atoms with Crippen molar-refractivity contribution in [1.82, 2.24) is 20.0 Å². The third-order valence-corrected chi connectivity index (χ3v) is 3.59. The van der Waals surface area contributed by atoms with E-state index in [0.717, 1.165) is 6.26 Å². The van der Waals surface area contributed by atoms with Gasteiger partial charge in [-0.2, -0.15) is 9.78 Å². The Kier molecular flexibility index (Phi) is 3.62. The minimum atomic E-state index is -3.52. The molecule has 0 radical (unpaired) electrons. The van der Waals surface area contributed by atoms with Crippen LogP contribution < -0.4 is 11.1 Å². The maximum Gasteiger partial charge on any atom is 0.182 e. The average Bonchev–Trinajstić information content (AvgIpc) is 2.66. The predicted molar refractivity (Wildman–Crippen MR) is 75.4 cm³/mol. The molecular formula is C11H16N6O2S. The molecule has 2 aromatic heterocycles. The monoisotopic (exact) mass is 296 g/mol. The highest BCUT2D eigenvalue weighted by Gasteiger charge is 2.25. The molecular weight excluding hydrogens is 280 g/mol. The number of nitrogens with two attached hydrogens (primary N) is 1. The van der Waals surface area contributed by atoms with E-state index in [1.165, 1.54) is 10.9 Å². The lowest BCUT2D eigenvalue weighted by molar-refractivity contribution is 0.602. The Labute approximate surface area is 116 Å². The Morgan fingerprint density at radius 1 is 1.40 bits per heavy atom. The minimum Gasteiger partial charge on any atom is -0.382 e. The van der Waals surface area contributed by atoms with Crippen LogP contribution in [0, 0.1) is 0 Å². The van der Waals surface area contributed by atoms with Gasteiger partial charge in [0.25, 0.3) is 0 Å². The first kappa shape index (κ1) is 14.3. The summed E-state index contributed by atoms with van der Waals surface area (Å²) in [6.07, 6.45) is 2.60. The smallest absolute Gasteiger partial charge is 0.182 e. The SMILES string of the molecule is CC(C)Nc1nn(-c2cccnn2)c(N)c1S(C)(=O)=O. The fraction of sp³-hybridized carbons (Fsp3) is 0.364. The van der Waals surface area contributed by atoms with Crippen molar-refractivity contribution < 1.29 is 8.42 Å². The number of hydrogen-bond acceptors (Lipinski definition) is 7. The van der Waals surface area contributed by atoms with Gasteiger partial charge in [-0.3, -0.25) is 0 Å². The van der Waals surface area contributed by atoms with Gasteiger partial charge in [-0.05, 0) is 26.0 Å². The molecule has 2 aromatic rings. The summed E-state index contributed by atoms with van der Waals surface area (Å²) in [5.74, 6) is 0.577. The van der Waals surface area contributed by atoms with Crippen LogP contribution in [0.5, 0.6) is 0 Å². The van der Waals surface area contributed by atoms with Gasteiger partial charge in [0.15, 0.2) is 26.4 Å². The molecule has 0 saturated carbocycles. The van der Waals surface area contributed by atoms with Crippen molar-refractivity contribution in [2.24, 2.45) is 0 Å². The molecule has 0 bridgehead atoms. The molecule has 0 spiro atoms. The average molecular weight is 296 g/mol. The van der Waals surface area contributed by atoms with Gasteiger partial charge in [0.05, 0.1) is 0 Å². The van der Waals surface area contributed by atoms with E-state index in [9.17, 15) is 8.42 Å². The van der Waals surface area contributed by atoms with Gasteiger partial charge in [0.2, 0.25) is 0 Å². The molecule has 3 N–H and O–H groups in total. The van der Waals surface area contributed by atoms with Crippen LogP contribution in [0.25, 0.3) is 5.82 Å². The number of nitrogens with zero attached hydrogens (tertiary/aromatic N) is 4. The second-order valence-corrected chi connectivity index (χ2v) is 6.58. The van der Waals surface area contributed by atoms with Crippen molar-refractivity contribution in [3.63, 3.8) is 0 Å². The molecule has 0 aliphatic heterocycles. The van der Waals surface area contributed by atoms with Crippen LogP contribution >= 0.6 is 0 Å². The van der Waals surface area contributed by atoms with E-state index in [1.54, 1.807) is 12.1 Å². The Hall–Kier alpha value is -2.16. The van der Waals surface area contributed by atoms with Crippen LogP contribution in [-0.4, -0.2) is 40.7 Å². The van der Waals surface area contributed by atoms with E-state index in [0.29, 0.717) is 5.82 Å². The Morgan fingerprint density at radius 2 is 2.10 bits per heavy atom. The predicted octanol–water partition coefficient (Wildman–Crippen LogP) is 0.468. The first-order chi connectivity index (χ1) is 9.30. The van der Waals surface area contributed by atoms with E-state index in [4.69, 9.17) is 5.73 Å². The zero-order valence-corrected chi connectivity index (χ0v) is 12.2. The number of nitrogens with one attached hydrogen (secondary N) is 1. The van der Waals surface area contributed by atoms with Gasteiger partial charge in [0.1, 0.15) is 5.82 Å². The standard InChI is InChI=1S/C11H16N6O2S/c1-7(2)14-11-9(20(3,18)19)10(12)17(16-11)8-5-4-6-13-15-8/h4-7H,12H2,1-3H3,(H,14,16). The molecule has 0 fully saturated rings. The van der Waals surface area contributed by atoms with Crippen molar-refractivity contribution in [3.8, 4) is 5.82 Å². The zero-order valence-electron chi connectivity index (χ0n) is 11.4. The van der Waals surface area contributed by atoms with E-state index in [1.807, 2.05) is 13.8 Å². The van der Waals surface area contributed by atoms with Crippen molar-refractivity contribution in [2.45, 2.75) is 24.8 Å². The highest BCUT2D eigenvalue weighted by molar-refractivity contribution is 7.91. The van der Waals surface area contributed by atoms with Gasteiger partial charge in [0, 0.05) is 18.5 Å². The largest absolute Gasteiger partial charge is 0.382 e. The Balaban J connectivity index is 2.65. The van der Waals surface area contributed by atoms with Crippen LogP contribution in [0.3, 0.4) is 0 Å². The molecule has 8 nitrogen and oxygen atoms in total. The van der Waals surface area contributed by atoms with Gasteiger partial charge >= 0.3 is 0 Å². The van der Waals surface area contributed by atoms with Crippen molar-refractivity contribution in [3.05, 3.63) is 18.3 Å². The van der Waals surface area contributed by atoms with Gasteiger partial charge in [-0.25, -0.2) is 8.42 Å². The maximum absolute atomic E-state index is 11.9. The summed E-state index contributed by atoms with van der Waals surface area (Å²) in [7, 11) is -3.52. The molecule has 0 saturated heterocycles. The number of sulfone groups is 1. The summed E-state index contributed by atoms with van der Waals surface area (Å²) < 4.78 is 25.0.